The van der Waals surface area contributed by atoms with Crippen molar-refractivity contribution in [3.05, 3.63) is 66.2 Å². The van der Waals surface area contributed by atoms with Crippen LogP contribution in [0, 0.1) is 11.3 Å². The van der Waals surface area contributed by atoms with E-state index in [9.17, 15) is 0 Å². The molecule has 1 fully saturated rings. The summed E-state index contributed by atoms with van der Waals surface area (Å²) in [5, 5.41) is 13.1. The smallest absolute Gasteiger partial charge is 0.158 e. The standard InChI is InChI=1S/C19H19N7/c20-13-16-2-4-17(5-3-16)14-24-8-10-25(11-9-24)18-12-19(22-15-21-18)26-7-1-6-23-26/h1-7,12,15H,8-11,14H2. The lowest BCUT2D eigenvalue weighted by atomic mass is 10.1. The van der Waals surface area contributed by atoms with Gasteiger partial charge in [-0.3, -0.25) is 4.90 Å². The fourth-order valence-electron chi connectivity index (χ4n) is 3.12. The molecule has 130 valence electrons. The number of hydrogen-bond acceptors (Lipinski definition) is 6. The van der Waals surface area contributed by atoms with Gasteiger partial charge in [-0.2, -0.15) is 10.4 Å². The highest BCUT2D eigenvalue weighted by atomic mass is 15.3. The van der Waals surface area contributed by atoms with Crippen molar-refractivity contribution in [2.75, 3.05) is 31.1 Å². The maximum absolute atomic E-state index is 8.89. The number of nitriles is 1. The lowest BCUT2D eigenvalue weighted by Crippen LogP contribution is -2.46. The fraction of sp³-hybridized carbons (Fsp3) is 0.263. The van der Waals surface area contributed by atoms with E-state index in [0.717, 1.165) is 44.4 Å². The Morgan fingerprint density at radius 3 is 2.46 bits per heavy atom. The quantitative estimate of drug-likeness (QED) is 0.718. The van der Waals surface area contributed by atoms with Crippen LogP contribution in [-0.2, 0) is 6.54 Å². The first-order chi connectivity index (χ1) is 12.8. The molecule has 26 heavy (non-hydrogen) atoms. The second-order valence-electron chi connectivity index (χ2n) is 6.26. The first kappa shape index (κ1) is 16.2. The lowest BCUT2D eigenvalue weighted by Gasteiger charge is -2.35. The van der Waals surface area contributed by atoms with Gasteiger partial charge in [0.2, 0.25) is 0 Å². The molecule has 0 bridgehead atoms. The van der Waals surface area contributed by atoms with Crippen molar-refractivity contribution in [3.63, 3.8) is 0 Å². The van der Waals surface area contributed by atoms with Crippen LogP contribution < -0.4 is 4.90 Å². The van der Waals surface area contributed by atoms with Gasteiger partial charge in [0.05, 0.1) is 11.6 Å². The number of aromatic nitrogens is 4. The number of piperazine rings is 1. The molecule has 3 heterocycles. The van der Waals surface area contributed by atoms with Crippen LogP contribution in [0.15, 0.2) is 55.1 Å². The highest BCUT2D eigenvalue weighted by Crippen LogP contribution is 2.17. The van der Waals surface area contributed by atoms with Crippen molar-refractivity contribution in [3.8, 4) is 11.9 Å². The number of nitrogens with zero attached hydrogens (tertiary/aromatic N) is 7. The summed E-state index contributed by atoms with van der Waals surface area (Å²) in [4.78, 5) is 13.4. The average Bonchev–Trinajstić information content (AvgIpc) is 3.24. The molecule has 0 unspecified atom stereocenters. The molecule has 3 aromatic rings. The fourth-order valence-corrected chi connectivity index (χ4v) is 3.12. The van der Waals surface area contributed by atoms with Crippen LogP contribution in [0.2, 0.25) is 0 Å². The van der Waals surface area contributed by atoms with Crippen LogP contribution in [-0.4, -0.2) is 50.8 Å². The second-order valence-corrected chi connectivity index (χ2v) is 6.26. The van der Waals surface area contributed by atoms with Crippen LogP contribution >= 0.6 is 0 Å². The van der Waals surface area contributed by atoms with Crippen molar-refractivity contribution in [1.82, 2.24) is 24.6 Å². The number of hydrogen-bond donors (Lipinski definition) is 0. The zero-order valence-electron chi connectivity index (χ0n) is 14.4. The molecule has 0 atom stereocenters. The Bertz CT molecular complexity index is 888. The summed E-state index contributed by atoms with van der Waals surface area (Å²) in [5.74, 6) is 1.71. The Morgan fingerprint density at radius 2 is 1.77 bits per heavy atom. The van der Waals surface area contributed by atoms with E-state index >= 15 is 0 Å². The third-order valence-corrected chi connectivity index (χ3v) is 4.56. The summed E-state index contributed by atoms with van der Waals surface area (Å²) >= 11 is 0. The van der Waals surface area contributed by atoms with Crippen molar-refractivity contribution in [1.29, 1.82) is 5.26 Å². The van der Waals surface area contributed by atoms with Gasteiger partial charge in [0.25, 0.3) is 0 Å². The number of anilines is 1. The molecule has 2 aromatic heterocycles. The van der Waals surface area contributed by atoms with Gasteiger partial charge in [-0.05, 0) is 23.8 Å². The van der Waals surface area contributed by atoms with E-state index in [1.54, 1.807) is 17.2 Å². The molecule has 7 heteroatoms. The third-order valence-electron chi connectivity index (χ3n) is 4.56. The van der Waals surface area contributed by atoms with Gasteiger partial charge in [0.15, 0.2) is 5.82 Å². The minimum atomic E-state index is 0.704. The van der Waals surface area contributed by atoms with E-state index in [-0.39, 0.29) is 0 Å². The highest BCUT2D eigenvalue weighted by Gasteiger charge is 2.18. The Labute approximate surface area is 152 Å². The maximum Gasteiger partial charge on any atom is 0.158 e. The molecule has 1 aliphatic heterocycles. The molecule has 1 aliphatic rings. The largest absolute Gasteiger partial charge is 0.354 e. The Morgan fingerprint density at radius 1 is 1.00 bits per heavy atom. The third kappa shape index (κ3) is 3.55. The Balaban J connectivity index is 1.37. The molecular formula is C19H19N7. The van der Waals surface area contributed by atoms with E-state index in [1.165, 1.54) is 5.56 Å². The molecule has 1 saturated heterocycles. The maximum atomic E-state index is 8.89. The van der Waals surface area contributed by atoms with Crippen molar-refractivity contribution < 1.29 is 0 Å². The molecular weight excluding hydrogens is 326 g/mol. The van der Waals surface area contributed by atoms with Crippen LogP contribution in [0.5, 0.6) is 0 Å². The van der Waals surface area contributed by atoms with Gasteiger partial charge >= 0.3 is 0 Å². The van der Waals surface area contributed by atoms with E-state index in [2.05, 4.69) is 30.9 Å². The van der Waals surface area contributed by atoms with Crippen LogP contribution in [0.3, 0.4) is 0 Å². The topological polar surface area (TPSA) is 73.9 Å². The van der Waals surface area contributed by atoms with Crippen molar-refractivity contribution in [2.24, 2.45) is 0 Å². The molecule has 0 saturated carbocycles. The van der Waals surface area contributed by atoms with E-state index < -0.39 is 0 Å². The molecule has 1 aromatic carbocycles. The average molecular weight is 345 g/mol. The predicted molar refractivity (Wildman–Crippen MR) is 97.8 cm³/mol. The summed E-state index contributed by atoms with van der Waals surface area (Å²) in [5.41, 5.74) is 1.94. The normalized spacial score (nSPS) is 15.0. The summed E-state index contributed by atoms with van der Waals surface area (Å²) in [6.07, 6.45) is 5.21. The highest BCUT2D eigenvalue weighted by molar-refractivity contribution is 5.43. The van der Waals surface area contributed by atoms with Crippen molar-refractivity contribution in [2.45, 2.75) is 6.54 Å². The summed E-state index contributed by atoms with van der Waals surface area (Å²) in [7, 11) is 0. The van der Waals surface area contributed by atoms with Crippen LogP contribution in [0.25, 0.3) is 5.82 Å². The van der Waals surface area contributed by atoms with Crippen LogP contribution in [0.1, 0.15) is 11.1 Å². The SMILES string of the molecule is N#Cc1ccc(CN2CCN(c3cc(-n4cccn4)ncn3)CC2)cc1. The van der Waals surface area contributed by atoms with E-state index in [1.807, 2.05) is 42.6 Å². The Kier molecular flexibility index (Phi) is 4.58. The molecule has 4 rings (SSSR count). The number of rotatable bonds is 4. The van der Waals surface area contributed by atoms with Gasteiger partial charge in [-0.15, -0.1) is 0 Å². The van der Waals surface area contributed by atoms with Crippen LogP contribution in [0.4, 0.5) is 5.82 Å². The van der Waals surface area contributed by atoms with Gasteiger partial charge in [0, 0.05) is 51.2 Å². The molecule has 0 spiro atoms. The first-order valence-corrected chi connectivity index (χ1v) is 8.60. The summed E-state index contributed by atoms with van der Waals surface area (Å²) in [6.45, 7) is 4.70. The second kappa shape index (κ2) is 7.33. The van der Waals surface area contributed by atoms with Gasteiger partial charge in [-0.1, -0.05) is 12.1 Å². The molecule has 0 aliphatic carbocycles. The lowest BCUT2D eigenvalue weighted by molar-refractivity contribution is 0.249. The number of benzene rings is 1. The van der Waals surface area contributed by atoms with Crippen molar-refractivity contribution >= 4 is 5.82 Å². The van der Waals surface area contributed by atoms with Gasteiger partial charge in [0.1, 0.15) is 12.1 Å². The first-order valence-electron chi connectivity index (χ1n) is 8.60. The Hall–Kier alpha value is -3.24. The molecule has 0 N–H and O–H groups in total. The predicted octanol–water partition coefficient (Wildman–Crippen LogP) is 1.86. The monoisotopic (exact) mass is 345 g/mol. The van der Waals surface area contributed by atoms with E-state index in [4.69, 9.17) is 5.26 Å². The minimum Gasteiger partial charge on any atom is -0.354 e. The van der Waals surface area contributed by atoms with E-state index in [0.29, 0.717) is 5.56 Å². The summed E-state index contributed by atoms with van der Waals surface area (Å²) in [6, 6.07) is 13.8. The zero-order chi connectivity index (χ0) is 17.8. The van der Waals surface area contributed by atoms with Gasteiger partial charge in [-0.25, -0.2) is 14.6 Å². The molecule has 0 radical (unpaired) electrons. The molecule has 7 nitrogen and oxygen atoms in total. The molecule has 0 amide bonds. The minimum absolute atomic E-state index is 0.704. The zero-order valence-corrected chi connectivity index (χ0v) is 14.4. The summed E-state index contributed by atoms with van der Waals surface area (Å²) < 4.78 is 1.74. The van der Waals surface area contributed by atoms with Gasteiger partial charge < -0.3 is 4.90 Å².